The van der Waals surface area contributed by atoms with Crippen LogP contribution in [0.4, 0.5) is 0 Å². The maximum Gasteiger partial charge on any atom is 0.164 e. The van der Waals surface area contributed by atoms with E-state index in [0.29, 0.717) is 17.5 Å². The Labute approximate surface area is 329 Å². The van der Waals surface area contributed by atoms with E-state index in [4.69, 9.17) is 19.4 Å². The first-order valence-electron chi connectivity index (χ1n) is 19.2. The Bertz CT molecular complexity index is 3300. The van der Waals surface area contributed by atoms with E-state index in [1.54, 1.807) is 0 Å². The van der Waals surface area contributed by atoms with Gasteiger partial charge in [-0.05, 0) is 91.3 Å². The highest BCUT2D eigenvalue weighted by Crippen LogP contribution is 2.40. The zero-order chi connectivity index (χ0) is 37.7. The molecule has 0 bridgehead atoms. The lowest BCUT2D eigenvalue weighted by Crippen LogP contribution is -2.01. The van der Waals surface area contributed by atoms with Gasteiger partial charge >= 0.3 is 0 Å². The third-order valence-corrected chi connectivity index (χ3v) is 10.9. The van der Waals surface area contributed by atoms with E-state index in [2.05, 4.69) is 158 Å². The van der Waals surface area contributed by atoms with E-state index >= 15 is 0 Å². The predicted octanol–water partition coefficient (Wildman–Crippen LogP) is 14.1. The topological polar surface area (TPSA) is 51.8 Å². The maximum absolute atomic E-state index is 6.57. The molecule has 0 fully saturated rings. The minimum atomic E-state index is 0.588. The molecule has 9 aromatic carbocycles. The molecule has 4 heteroatoms. The third-order valence-electron chi connectivity index (χ3n) is 10.9. The van der Waals surface area contributed by atoms with Crippen LogP contribution in [-0.2, 0) is 0 Å². The molecule has 0 N–H and O–H groups in total. The number of rotatable bonds is 6. The SMILES string of the molecule is c1ccc(-c2nc(-c3ccc(-c4ccccc4)c(-c4ccc5ccccc5c4)c3)nc(-c3cccc4oc5cc(-c6ccc7ccccc7c6)ccc5c34)n2)cc1. The van der Waals surface area contributed by atoms with Crippen molar-refractivity contribution in [2.75, 3.05) is 0 Å². The van der Waals surface area contributed by atoms with Gasteiger partial charge in [0.1, 0.15) is 11.2 Å². The zero-order valence-corrected chi connectivity index (χ0v) is 30.8. The van der Waals surface area contributed by atoms with E-state index in [9.17, 15) is 0 Å². The highest BCUT2D eigenvalue weighted by atomic mass is 16.3. The van der Waals surface area contributed by atoms with Gasteiger partial charge in [-0.1, -0.05) is 164 Å². The van der Waals surface area contributed by atoms with Gasteiger partial charge < -0.3 is 4.42 Å². The summed E-state index contributed by atoms with van der Waals surface area (Å²) in [5.41, 5.74) is 11.1. The number of benzene rings is 9. The average Bonchev–Trinajstić information content (AvgIpc) is 3.67. The summed E-state index contributed by atoms with van der Waals surface area (Å²) in [6, 6.07) is 70.0. The molecule has 57 heavy (non-hydrogen) atoms. The summed E-state index contributed by atoms with van der Waals surface area (Å²) in [6.45, 7) is 0. The van der Waals surface area contributed by atoms with Crippen LogP contribution in [0.15, 0.2) is 205 Å². The van der Waals surface area contributed by atoms with Crippen molar-refractivity contribution in [3.05, 3.63) is 200 Å². The molecule has 0 saturated heterocycles. The molecule has 4 nitrogen and oxygen atoms in total. The quantitative estimate of drug-likeness (QED) is 0.171. The van der Waals surface area contributed by atoms with Gasteiger partial charge in [0.25, 0.3) is 0 Å². The molecule has 0 amide bonds. The summed E-state index contributed by atoms with van der Waals surface area (Å²) in [5.74, 6) is 1.80. The summed E-state index contributed by atoms with van der Waals surface area (Å²) in [7, 11) is 0. The van der Waals surface area contributed by atoms with Crippen LogP contribution in [0.3, 0.4) is 0 Å². The molecule has 0 aliphatic heterocycles. The molecule has 2 aromatic heterocycles. The molecule has 11 rings (SSSR count). The normalized spacial score (nSPS) is 11.5. The average molecular weight is 728 g/mol. The molecule has 2 heterocycles. The number of hydrogen-bond acceptors (Lipinski definition) is 4. The number of hydrogen-bond donors (Lipinski definition) is 0. The minimum absolute atomic E-state index is 0.588. The van der Waals surface area contributed by atoms with Gasteiger partial charge in [-0.25, -0.2) is 15.0 Å². The van der Waals surface area contributed by atoms with E-state index < -0.39 is 0 Å². The van der Waals surface area contributed by atoms with Crippen LogP contribution < -0.4 is 0 Å². The molecular weight excluding hydrogens is 695 g/mol. The lowest BCUT2D eigenvalue weighted by molar-refractivity contribution is 0.669. The minimum Gasteiger partial charge on any atom is -0.456 e. The van der Waals surface area contributed by atoms with Crippen LogP contribution >= 0.6 is 0 Å². The number of nitrogens with zero attached hydrogens (tertiary/aromatic N) is 3. The van der Waals surface area contributed by atoms with Gasteiger partial charge in [0, 0.05) is 27.5 Å². The molecular formula is C53H33N3O. The second-order valence-electron chi connectivity index (χ2n) is 14.4. The smallest absolute Gasteiger partial charge is 0.164 e. The molecule has 0 spiro atoms. The van der Waals surface area contributed by atoms with Crippen LogP contribution in [0.5, 0.6) is 0 Å². The largest absolute Gasteiger partial charge is 0.456 e. The molecule has 0 atom stereocenters. The summed E-state index contributed by atoms with van der Waals surface area (Å²) in [5, 5.41) is 6.82. The highest BCUT2D eigenvalue weighted by molar-refractivity contribution is 6.12. The lowest BCUT2D eigenvalue weighted by atomic mass is 9.91. The second kappa shape index (κ2) is 13.6. The lowest BCUT2D eigenvalue weighted by Gasteiger charge is -2.14. The summed E-state index contributed by atoms with van der Waals surface area (Å²) in [6.07, 6.45) is 0. The second-order valence-corrected chi connectivity index (χ2v) is 14.4. The molecule has 0 radical (unpaired) electrons. The van der Waals surface area contributed by atoms with Crippen molar-refractivity contribution in [1.82, 2.24) is 15.0 Å². The first kappa shape index (κ1) is 32.7. The fraction of sp³-hybridized carbons (Fsp3) is 0. The fourth-order valence-electron chi connectivity index (χ4n) is 8.05. The van der Waals surface area contributed by atoms with Gasteiger partial charge in [0.05, 0.1) is 0 Å². The van der Waals surface area contributed by atoms with Gasteiger partial charge in [-0.15, -0.1) is 0 Å². The van der Waals surface area contributed by atoms with Crippen molar-refractivity contribution in [2.24, 2.45) is 0 Å². The third kappa shape index (κ3) is 5.92. The van der Waals surface area contributed by atoms with Crippen molar-refractivity contribution >= 4 is 43.5 Å². The van der Waals surface area contributed by atoms with E-state index in [1.165, 1.54) is 21.5 Å². The van der Waals surface area contributed by atoms with Crippen LogP contribution in [0.25, 0.3) is 111 Å². The Morgan fingerprint density at radius 3 is 1.58 bits per heavy atom. The predicted molar refractivity (Wildman–Crippen MR) is 235 cm³/mol. The van der Waals surface area contributed by atoms with Crippen molar-refractivity contribution in [3.8, 4) is 67.5 Å². The van der Waals surface area contributed by atoms with Crippen molar-refractivity contribution in [2.45, 2.75) is 0 Å². The van der Waals surface area contributed by atoms with Crippen molar-refractivity contribution in [3.63, 3.8) is 0 Å². The first-order chi connectivity index (χ1) is 28.2. The van der Waals surface area contributed by atoms with Gasteiger partial charge in [-0.3, -0.25) is 0 Å². The zero-order valence-electron chi connectivity index (χ0n) is 30.8. The molecule has 266 valence electrons. The molecule has 0 aliphatic carbocycles. The van der Waals surface area contributed by atoms with E-state index in [-0.39, 0.29) is 0 Å². The monoisotopic (exact) mass is 727 g/mol. The Hall–Kier alpha value is -7.69. The van der Waals surface area contributed by atoms with Crippen molar-refractivity contribution in [1.29, 1.82) is 0 Å². The first-order valence-corrected chi connectivity index (χ1v) is 19.2. The van der Waals surface area contributed by atoms with Crippen molar-refractivity contribution < 1.29 is 4.42 Å². The van der Waals surface area contributed by atoms with Crippen LogP contribution in [-0.4, -0.2) is 15.0 Å². The number of fused-ring (bicyclic) bond motifs is 5. The highest BCUT2D eigenvalue weighted by Gasteiger charge is 2.19. The van der Waals surface area contributed by atoms with Gasteiger partial charge in [0.2, 0.25) is 0 Å². The summed E-state index contributed by atoms with van der Waals surface area (Å²) < 4.78 is 6.57. The Kier molecular flexibility index (Phi) is 7.78. The van der Waals surface area contributed by atoms with E-state index in [1.807, 2.05) is 42.5 Å². The summed E-state index contributed by atoms with van der Waals surface area (Å²) >= 11 is 0. The molecule has 0 saturated carbocycles. The molecule has 0 unspecified atom stereocenters. The molecule has 0 aliphatic rings. The van der Waals surface area contributed by atoms with Gasteiger partial charge in [-0.2, -0.15) is 0 Å². The van der Waals surface area contributed by atoms with Crippen LogP contribution in [0.1, 0.15) is 0 Å². The Balaban J connectivity index is 1.09. The number of aromatic nitrogens is 3. The Morgan fingerprint density at radius 2 is 0.842 bits per heavy atom. The Morgan fingerprint density at radius 1 is 0.281 bits per heavy atom. The number of furan rings is 1. The van der Waals surface area contributed by atoms with E-state index in [0.717, 1.165) is 72.0 Å². The standard InChI is InChI=1S/C53H33N3O/c1-3-14-36(15-4-1)44-28-27-43(32-47(44)42-25-23-35-13-8-10-19-39(35)31-42)52-54-51(37-16-5-2-6-17-37)55-53(56-52)46-20-11-21-48-50(46)45-29-26-41(33-49(45)57-48)40-24-22-34-12-7-9-18-38(34)30-40/h1-33H. The maximum atomic E-state index is 6.57. The summed E-state index contributed by atoms with van der Waals surface area (Å²) in [4.78, 5) is 15.5. The van der Waals surface area contributed by atoms with Gasteiger partial charge in [0.15, 0.2) is 17.5 Å². The fourth-order valence-corrected chi connectivity index (χ4v) is 8.05. The van der Waals surface area contributed by atoms with Crippen LogP contribution in [0.2, 0.25) is 0 Å². The van der Waals surface area contributed by atoms with Crippen LogP contribution in [0, 0.1) is 0 Å². The molecule has 11 aromatic rings.